The molecule has 0 spiro atoms. The van der Waals surface area contributed by atoms with E-state index in [2.05, 4.69) is 4.99 Å². The molecule has 0 saturated carbocycles. The number of ether oxygens (including phenoxy) is 3. The van der Waals surface area contributed by atoms with Gasteiger partial charge in [-0.15, -0.1) is 0 Å². The average molecular weight is 436 g/mol. The van der Waals surface area contributed by atoms with Gasteiger partial charge in [-0.25, -0.2) is 8.78 Å². The molecule has 1 aromatic heterocycles. The predicted molar refractivity (Wildman–Crippen MR) is 106 cm³/mol. The second-order valence-corrected chi connectivity index (χ2v) is 6.98. The van der Waals surface area contributed by atoms with Crippen molar-refractivity contribution in [2.75, 3.05) is 20.8 Å². The fourth-order valence-electron chi connectivity index (χ4n) is 2.90. The Morgan fingerprint density at radius 2 is 1.93 bits per heavy atom. The smallest absolute Gasteiger partial charge is 0.326 e. The topological polar surface area (TPSA) is 79.1 Å². The molecule has 7 nitrogen and oxygen atoms in total. The molecule has 0 atom stereocenters. The first-order chi connectivity index (χ1) is 14.4. The second kappa shape index (κ2) is 9.04. The number of esters is 1. The summed E-state index contributed by atoms with van der Waals surface area (Å²) in [5.41, 5.74) is 0.0715. The van der Waals surface area contributed by atoms with Crippen molar-refractivity contribution in [3.63, 3.8) is 0 Å². The van der Waals surface area contributed by atoms with E-state index in [1.165, 1.54) is 24.9 Å². The van der Waals surface area contributed by atoms with Gasteiger partial charge in [0.15, 0.2) is 22.1 Å². The van der Waals surface area contributed by atoms with E-state index >= 15 is 0 Å². The molecule has 0 N–H and O–H groups in total. The van der Waals surface area contributed by atoms with Crippen LogP contribution in [-0.2, 0) is 16.1 Å². The Balaban J connectivity index is 2.20. The molecule has 0 bridgehead atoms. The molecule has 3 rings (SSSR count). The SMILES string of the molecule is CCOC(=O)Cn1c(=NC(=O)c2cccc(OC)c2OC)sc2cc(F)cc(F)c21. The Bertz CT molecular complexity index is 1190. The first-order valence-corrected chi connectivity index (χ1v) is 9.65. The number of thiazole rings is 1. The Kier molecular flexibility index (Phi) is 6.46. The number of carbonyl (C=O) groups excluding carboxylic acids is 2. The summed E-state index contributed by atoms with van der Waals surface area (Å²) in [7, 11) is 2.81. The van der Waals surface area contributed by atoms with Crippen LogP contribution in [0.1, 0.15) is 17.3 Å². The Morgan fingerprint density at radius 3 is 2.60 bits per heavy atom. The summed E-state index contributed by atoms with van der Waals surface area (Å²) in [6.07, 6.45) is 0. The zero-order valence-electron chi connectivity index (χ0n) is 16.4. The molecule has 0 aliphatic heterocycles. The zero-order valence-corrected chi connectivity index (χ0v) is 17.2. The maximum atomic E-state index is 14.5. The number of para-hydroxylation sites is 1. The van der Waals surface area contributed by atoms with E-state index in [9.17, 15) is 18.4 Å². The van der Waals surface area contributed by atoms with Crippen LogP contribution in [0.4, 0.5) is 8.78 Å². The summed E-state index contributed by atoms with van der Waals surface area (Å²) in [6.45, 7) is 1.37. The number of benzene rings is 2. The van der Waals surface area contributed by atoms with E-state index in [0.717, 1.165) is 17.4 Å². The van der Waals surface area contributed by atoms with E-state index in [4.69, 9.17) is 14.2 Å². The van der Waals surface area contributed by atoms with Crippen molar-refractivity contribution in [3.8, 4) is 11.5 Å². The van der Waals surface area contributed by atoms with Gasteiger partial charge >= 0.3 is 5.97 Å². The van der Waals surface area contributed by atoms with Gasteiger partial charge in [0.2, 0.25) is 0 Å². The molecule has 2 aromatic carbocycles. The van der Waals surface area contributed by atoms with Crippen LogP contribution in [0.15, 0.2) is 35.3 Å². The molecule has 0 aliphatic carbocycles. The van der Waals surface area contributed by atoms with Gasteiger partial charge < -0.3 is 18.8 Å². The maximum Gasteiger partial charge on any atom is 0.326 e. The summed E-state index contributed by atoms with van der Waals surface area (Å²) in [5.74, 6) is -2.48. The summed E-state index contributed by atoms with van der Waals surface area (Å²) >= 11 is 0.874. The number of carbonyl (C=O) groups is 2. The zero-order chi connectivity index (χ0) is 21.8. The number of rotatable bonds is 6. The monoisotopic (exact) mass is 436 g/mol. The van der Waals surface area contributed by atoms with E-state index in [0.29, 0.717) is 11.8 Å². The molecule has 158 valence electrons. The van der Waals surface area contributed by atoms with Gasteiger partial charge in [-0.2, -0.15) is 4.99 Å². The van der Waals surface area contributed by atoms with Crippen LogP contribution in [0.2, 0.25) is 0 Å². The highest BCUT2D eigenvalue weighted by Crippen LogP contribution is 2.31. The maximum absolute atomic E-state index is 14.5. The Morgan fingerprint density at radius 1 is 1.17 bits per heavy atom. The molecule has 0 unspecified atom stereocenters. The molecule has 0 radical (unpaired) electrons. The predicted octanol–water partition coefficient (Wildman–Crippen LogP) is 3.30. The van der Waals surface area contributed by atoms with Gasteiger partial charge in [-0.3, -0.25) is 9.59 Å². The van der Waals surface area contributed by atoms with Crippen LogP contribution in [0.5, 0.6) is 11.5 Å². The number of amides is 1. The minimum atomic E-state index is -0.876. The van der Waals surface area contributed by atoms with Crippen LogP contribution in [0.3, 0.4) is 0 Å². The van der Waals surface area contributed by atoms with Gasteiger partial charge in [0.1, 0.15) is 12.4 Å². The molecular formula is C20H18F2N2O5S. The lowest BCUT2D eigenvalue weighted by atomic mass is 10.2. The molecule has 0 saturated heterocycles. The third kappa shape index (κ3) is 4.18. The van der Waals surface area contributed by atoms with Gasteiger partial charge in [0.25, 0.3) is 5.91 Å². The largest absolute Gasteiger partial charge is 0.493 e. The third-order valence-corrected chi connectivity index (χ3v) is 5.14. The highest BCUT2D eigenvalue weighted by Gasteiger charge is 2.19. The van der Waals surface area contributed by atoms with Gasteiger partial charge in [-0.1, -0.05) is 17.4 Å². The lowest BCUT2D eigenvalue weighted by Crippen LogP contribution is -2.23. The first kappa shape index (κ1) is 21.4. The normalized spacial score (nSPS) is 11.6. The Labute approximate surface area is 174 Å². The van der Waals surface area contributed by atoms with E-state index in [1.807, 2.05) is 0 Å². The van der Waals surface area contributed by atoms with E-state index in [-0.39, 0.29) is 32.9 Å². The first-order valence-electron chi connectivity index (χ1n) is 8.83. The number of fused-ring (bicyclic) bond motifs is 1. The molecule has 30 heavy (non-hydrogen) atoms. The lowest BCUT2D eigenvalue weighted by molar-refractivity contribution is -0.143. The molecule has 10 heteroatoms. The van der Waals surface area contributed by atoms with Gasteiger partial charge in [0, 0.05) is 6.07 Å². The van der Waals surface area contributed by atoms with Crippen molar-refractivity contribution in [1.29, 1.82) is 0 Å². The van der Waals surface area contributed by atoms with E-state index < -0.39 is 30.1 Å². The highest BCUT2D eigenvalue weighted by atomic mass is 32.1. The molecule has 1 heterocycles. The van der Waals surface area contributed by atoms with Gasteiger partial charge in [0.05, 0.1) is 36.6 Å². The van der Waals surface area contributed by atoms with Crippen LogP contribution in [0.25, 0.3) is 10.2 Å². The Hall–Kier alpha value is -3.27. The molecule has 1 amide bonds. The van der Waals surface area contributed by atoms with Crippen molar-refractivity contribution in [3.05, 3.63) is 52.3 Å². The fourth-order valence-corrected chi connectivity index (χ4v) is 3.97. The quantitative estimate of drug-likeness (QED) is 0.554. The lowest BCUT2D eigenvalue weighted by Gasteiger charge is -2.10. The number of aromatic nitrogens is 1. The number of halogens is 2. The molecule has 3 aromatic rings. The summed E-state index contributed by atoms with van der Waals surface area (Å²) < 4.78 is 44.9. The standard InChI is InChI=1S/C20H18F2N2O5S/c1-4-29-16(25)10-24-17-13(22)8-11(21)9-15(17)30-20(24)23-19(26)12-6-5-7-14(27-2)18(12)28-3/h5-9H,4,10H2,1-3H3. The van der Waals surface area contributed by atoms with Crippen molar-refractivity contribution in [2.45, 2.75) is 13.5 Å². The minimum absolute atomic E-state index is 0.0115. The van der Waals surface area contributed by atoms with Crippen molar-refractivity contribution >= 4 is 33.4 Å². The fraction of sp³-hybridized carbons (Fsp3) is 0.250. The van der Waals surface area contributed by atoms with Crippen molar-refractivity contribution in [2.24, 2.45) is 4.99 Å². The third-order valence-electron chi connectivity index (χ3n) is 4.12. The van der Waals surface area contributed by atoms with Crippen LogP contribution < -0.4 is 14.3 Å². The molecule has 0 aliphatic rings. The second-order valence-electron chi connectivity index (χ2n) is 5.97. The average Bonchev–Trinajstić information content (AvgIpc) is 3.03. The number of hydrogen-bond donors (Lipinski definition) is 0. The van der Waals surface area contributed by atoms with Crippen molar-refractivity contribution in [1.82, 2.24) is 4.57 Å². The summed E-state index contributed by atoms with van der Waals surface area (Å²) in [5, 5.41) is 0. The highest BCUT2D eigenvalue weighted by molar-refractivity contribution is 7.16. The van der Waals surface area contributed by atoms with E-state index in [1.54, 1.807) is 19.1 Å². The molecule has 0 fully saturated rings. The molecular weight excluding hydrogens is 418 g/mol. The van der Waals surface area contributed by atoms with Crippen LogP contribution in [-0.4, -0.2) is 37.3 Å². The summed E-state index contributed by atoms with van der Waals surface area (Å²) in [6, 6.07) is 6.52. The van der Waals surface area contributed by atoms with Crippen LogP contribution in [0, 0.1) is 11.6 Å². The number of methoxy groups -OCH3 is 2. The summed E-state index contributed by atoms with van der Waals surface area (Å²) in [4.78, 5) is 28.9. The minimum Gasteiger partial charge on any atom is -0.493 e. The van der Waals surface area contributed by atoms with Crippen molar-refractivity contribution < 1.29 is 32.6 Å². The van der Waals surface area contributed by atoms with Gasteiger partial charge in [-0.05, 0) is 25.1 Å². The van der Waals surface area contributed by atoms with Crippen LogP contribution >= 0.6 is 11.3 Å². The number of nitrogens with zero attached hydrogens (tertiary/aromatic N) is 2. The number of hydrogen-bond acceptors (Lipinski definition) is 6.